The summed E-state index contributed by atoms with van der Waals surface area (Å²) in [6.07, 6.45) is 0. The second-order valence-electron chi connectivity index (χ2n) is 4.37. The zero-order chi connectivity index (χ0) is 14.9. The Labute approximate surface area is 120 Å². The average Bonchev–Trinajstić information content (AvgIpc) is 2.38. The summed E-state index contributed by atoms with van der Waals surface area (Å²) in [6, 6.07) is 9.72. The molecule has 0 aliphatic carbocycles. The van der Waals surface area contributed by atoms with Gasteiger partial charge in [-0.3, -0.25) is 4.79 Å². The van der Waals surface area contributed by atoms with Gasteiger partial charge in [-0.05, 0) is 25.1 Å². The highest BCUT2D eigenvalue weighted by molar-refractivity contribution is 6.32. The molecule has 0 saturated carbocycles. The first-order valence-corrected chi connectivity index (χ1v) is 6.11. The number of halogens is 1. The summed E-state index contributed by atoms with van der Waals surface area (Å²) < 4.78 is 0. The summed E-state index contributed by atoms with van der Waals surface area (Å²) in [6.45, 7) is 3.49. The molecule has 0 fully saturated rings. The van der Waals surface area contributed by atoms with E-state index in [9.17, 15) is 20.1 Å². The smallest absolute Gasteiger partial charge is 0.202 e. The number of hydrogen-bond donors (Lipinski definition) is 3. The average molecular weight is 292 g/mol. The van der Waals surface area contributed by atoms with Gasteiger partial charge in [-0.1, -0.05) is 29.8 Å². The Morgan fingerprint density at radius 2 is 1.80 bits per heavy atom. The first-order chi connectivity index (χ1) is 9.34. The molecule has 0 saturated heterocycles. The van der Waals surface area contributed by atoms with Crippen LogP contribution in [-0.4, -0.2) is 21.1 Å². The highest BCUT2D eigenvalue weighted by Gasteiger charge is 2.36. The van der Waals surface area contributed by atoms with Crippen molar-refractivity contribution in [2.45, 2.75) is 5.60 Å². The Bertz CT molecular complexity index is 665. The Kier molecular flexibility index (Phi) is 3.70. The molecule has 2 rings (SSSR count). The number of aliphatic hydroxyl groups is 1. The van der Waals surface area contributed by atoms with Gasteiger partial charge in [0.1, 0.15) is 11.5 Å². The molecule has 1 atom stereocenters. The van der Waals surface area contributed by atoms with E-state index in [1.54, 1.807) is 12.1 Å². The van der Waals surface area contributed by atoms with Crippen LogP contribution >= 0.6 is 11.6 Å². The molecule has 103 valence electrons. The largest absolute Gasteiger partial charge is 0.508 e. The van der Waals surface area contributed by atoms with Crippen molar-refractivity contribution in [1.29, 1.82) is 0 Å². The lowest BCUT2D eigenvalue weighted by Gasteiger charge is -2.23. The standard InChI is InChI=1S/C15H12ClO4/c1-15(20,11-4-2-3-5-12(11)16)14(19)10-7-6-9(17)8-13(10)18/h2-8,17-18,20H,1H2. The van der Waals surface area contributed by atoms with E-state index in [0.29, 0.717) is 0 Å². The van der Waals surface area contributed by atoms with Gasteiger partial charge in [-0.15, -0.1) is 0 Å². The van der Waals surface area contributed by atoms with Gasteiger partial charge >= 0.3 is 0 Å². The zero-order valence-electron chi connectivity index (χ0n) is 10.4. The molecule has 2 aromatic rings. The van der Waals surface area contributed by atoms with E-state index in [1.807, 2.05) is 0 Å². The first kappa shape index (κ1) is 14.4. The maximum Gasteiger partial charge on any atom is 0.202 e. The number of carbonyl (C=O) groups is 1. The van der Waals surface area contributed by atoms with Gasteiger partial charge in [-0.2, -0.15) is 0 Å². The van der Waals surface area contributed by atoms with Crippen molar-refractivity contribution in [3.8, 4) is 11.5 Å². The lowest BCUT2D eigenvalue weighted by Crippen LogP contribution is -2.33. The van der Waals surface area contributed by atoms with E-state index in [2.05, 4.69) is 6.92 Å². The third kappa shape index (κ3) is 2.48. The predicted octanol–water partition coefficient (Wildman–Crippen LogP) is 2.66. The van der Waals surface area contributed by atoms with Crippen molar-refractivity contribution in [2.75, 3.05) is 0 Å². The zero-order valence-corrected chi connectivity index (χ0v) is 11.1. The molecular weight excluding hydrogens is 280 g/mol. The minimum Gasteiger partial charge on any atom is -0.508 e. The fourth-order valence-electron chi connectivity index (χ4n) is 1.85. The van der Waals surface area contributed by atoms with E-state index in [-0.39, 0.29) is 21.9 Å². The monoisotopic (exact) mass is 291 g/mol. The van der Waals surface area contributed by atoms with Crippen molar-refractivity contribution in [2.24, 2.45) is 0 Å². The molecule has 1 unspecified atom stereocenters. The van der Waals surface area contributed by atoms with Crippen LogP contribution in [-0.2, 0) is 5.60 Å². The molecule has 1 radical (unpaired) electrons. The first-order valence-electron chi connectivity index (χ1n) is 5.73. The number of carbonyl (C=O) groups excluding carboxylic acids is 1. The Balaban J connectivity index is 2.49. The van der Waals surface area contributed by atoms with Crippen LogP contribution in [0.15, 0.2) is 42.5 Å². The maximum atomic E-state index is 12.3. The summed E-state index contributed by atoms with van der Waals surface area (Å²) in [5.74, 6) is -1.45. The summed E-state index contributed by atoms with van der Waals surface area (Å²) in [5.41, 5.74) is -2.15. The molecule has 2 aromatic carbocycles. The fourth-order valence-corrected chi connectivity index (χ4v) is 2.15. The van der Waals surface area contributed by atoms with Gasteiger partial charge in [0.05, 0.1) is 5.56 Å². The maximum absolute atomic E-state index is 12.3. The van der Waals surface area contributed by atoms with E-state index in [0.717, 1.165) is 6.07 Å². The summed E-state index contributed by atoms with van der Waals surface area (Å²) in [7, 11) is 0. The second-order valence-corrected chi connectivity index (χ2v) is 4.78. The van der Waals surface area contributed by atoms with E-state index >= 15 is 0 Å². The molecule has 0 aliphatic heterocycles. The van der Waals surface area contributed by atoms with Gasteiger partial charge in [0.2, 0.25) is 5.78 Å². The van der Waals surface area contributed by atoms with Crippen molar-refractivity contribution in [3.63, 3.8) is 0 Å². The predicted molar refractivity (Wildman–Crippen MR) is 74.8 cm³/mol. The Morgan fingerprint density at radius 3 is 2.40 bits per heavy atom. The van der Waals surface area contributed by atoms with Crippen LogP contribution in [0.4, 0.5) is 0 Å². The van der Waals surface area contributed by atoms with Crippen LogP contribution in [0.5, 0.6) is 11.5 Å². The number of Topliss-reactive ketones (excluding diaryl/α,β-unsaturated/α-hetero) is 1. The lowest BCUT2D eigenvalue weighted by molar-refractivity contribution is 0.0504. The number of aromatic hydroxyl groups is 2. The molecular formula is C15H12ClO4. The topological polar surface area (TPSA) is 77.8 Å². The number of phenolic OH excluding ortho intramolecular Hbond substituents is 2. The lowest BCUT2D eigenvalue weighted by atomic mass is 9.87. The van der Waals surface area contributed by atoms with Crippen molar-refractivity contribution in [3.05, 3.63) is 65.5 Å². The minimum absolute atomic E-state index is 0.138. The van der Waals surface area contributed by atoms with E-state index < -0.39 is 17.1 Å². The fraction of sp³-hybridized carbons (Fsp3) is 0.0667. The third-order valence-corrected chi connectivity index (χ3v) is 3.25. The summed E-state index contributed by atoms with van der Waals surface area (Å²) in [4.78, 5) is 12.3. The van der Waals surface area contributed by atoms with Crippen LogP contribution in [0, 0.1) is 6.92 Å². The van der Waals surface area contributed by atoms with Crippen molar-refractivity contribution >= 4 is 17.4 Å². The highest BCUT2D eigenvalue weighted by atomic mass is 35.5. The Morgan fingerprint density at radius 1 is 1.15 bits per heavy atom. The van der Waals surface area contributed by atoms with Gasteiger partial charge in [0.25, 0.3) is 0 Å². The molecule has 0 heterocycles. The Hall–Kier alpha value is -2.04. The van der Waals surface area contributed by atoms with Crippen LogP contribution in [0.25, 0.3) is 0 Å². The second kappa shape index (κ2) is 5.15. The molecule has 0 spiro atoms. The van der Waals surface area contributed by atoms with Crippen molar-refractivity contribution in [1.82, 2.24) is 0 Å². The summed E-state index contributed by atoms with van der Waals surface area (Å²) >= 11 is 5.95. The number of benzene rings is 2. The van der Waals surface area contributed by atoms with E-state index in [1.165, 1.54) is 24.3 Å². The number of ketones is 1. The molecule has 4 nitrogen and oxygen atoms in total. The van der Waals surface area contributed by atoms with Crippen LogP contribution in [0.3, 0.4) is 0 Å². The summed E-state index contributed by atoms with van der Waals surface area (Å²) in [5, 5.41) is 29.5. The van der Waals surface area contributed by atoms with Gasteiger partial charge < -0.3 is 15.3 Å². The van der Waals surface area contributed by atoms with Gasteiger partial charge in [0.15, 0.2) is 5.60 Å². The quantitative estimate of drug-likeness (QED) is 0.760. The molecule has 5 heteroatoms. The number of rotatable bonds is 3. The van der Waals surface area contributed by atoms with Crippen LogP contribution in [0.1, 0.15) is 15.9 Å². The third-order valence-electron chi connectivity index (χ3n) is 2.92. The molecule has 3 N–H and O–H groups in total. The number of hydrogen-bond acceptors (Lipinski definition) is 4. The molecule has 0 bridgehead atoms. The van der Waals surface area contributed by atoms with Crippen molar-refractivity contribution < 1.29 is 20.1 Å². The molecule has 20 heavy (non-hydrogen) atoms. The normalized spacial score (nSPS) is 13.8. The highest BCUT2D eigenvalue weighted by Crippen LogP contribution is 2.33. The number of phenols is 2. The van der Waals surface area contributed by atoms with E-state index in [4.69, 9.17) is 11.6 Å². The van der Waals surface area contributed by atoms with Gasteiger partial charge in [-0.25, -0.2) is 0 Å². The van der Waals surface area contributed by atoms with Crippen LogP contribution in [0.2, 0.25) is 5.02 Å². The SMILES string of the molecule is [CH2]C(O)(C(=O)c1ccc(O)cc1O)c1ccccc1Cl. The minimum atomic E-state index is -2.13. The molecule has 0 aromatic heterocycles. The molecule has 0 amide bonds. The van der Waals surface area contributed by atoms with Gasteiger partial charge in [0, 0.05) is 16.7 Å². The van der Waals surface area contributed by atoms with Crippen LogP contribution < -0.4 is 0 Å². The molecule has 0 aliphatic rings.